The van der Waals surface area contributed by atoms with Gasteiger partial charge in [-0.2, -0.15) is 0 Å². The first-order valence-corrected chi connectivity index (χ1v) is 8.02. The lowest BCUT2D eigenvalue weighted by Gasteiger charge is -2.17. The molecule has 1 amide bonds. The Bertz CT molecular complexity index is 651. The summed E-state index contributed by atoms with van der Waals surface area (Å²) < 4.78 is 11.4. The second kappa shape index (κ2) is 6.96. The fourth-order valence-corrected chi connectivity index (χ4v) is 2.86. The summed E-state index contributed by atoms with van der Waals surface area (Å²) in [5.74, 6) is 0.999. The lowest BCUT2D eigenvalue weighted by molar-refractivity contribution is 0.0436. The van der Waals surface area contributed by atoms with Gasteiger partial charge >= 0.3 is 0 Å². The molecule has 0 aliphatic carbocycles. The van der Waals surface area contributed by atoms with E-state index >= 15 is 0 Å². The number of ether oxygens (including phenoxy) is 1. The van der Waals surface area contributed by atoms with Crippen LogP contribution in [0.25, 0.3) is 0 Å². The van der Waals surface area contributed by atoms with Gasteiger partial charge in [-0.3, -0.25) is 9.78 Å². The number of hydrogen-bond donors (Lipinski definition) is 0. The molecule has 5 heteroatoms. The number of amides is 1. The standard InChI is InChI=1S/C18H22N2O3/c1-13(2)17-16(6-10-22-17)18(21)20-9-5-15(11-20)23-12-14-3-7-19-8-4-14/h3-4,6-8,10,13,15H,5,9,11-12H2,1-2H3. The highest BCUT2D eigenvalue weighted by molar-refractivity contribution is 5.95. The van der Waals surface area contributed by atoms with Gasteiger partial charge in [0.05, 0.1) is 24.5 Å². The first kappa shape index (κ1) is 15.7. The van der Waals surface area contributed by atoms with Crippen molar-refractivity contribution in [3.8, 4) is 0 Å². The van der Waals surface area contributed by atoms with E-state index < -0.39 is 0 Å². The third-order valence-electron chi connectivity index (χ3n) is 4.12. The Balaban J connectivity index is 1.57. The van der Waals surface area contributed by atoms with Gasteiger partial charge < -0.3 is 14.1 Å². The summed E-state index contributed by atoms with van der Waals surface area (Å²) in [7, 11) is 0. The highest BCUT2D eigenvalue weighted by Crippen LogP contribution is 2.24. The zero-order valence-corrected chi connectivity index (χ0v) is 13.6. The van der Waals surface area contributed by atoms with Crippen molar-refractivity contribution < 1.29 is 13.9 Å². The molecule has 1 atom stereocenters. The van der Waals surface area contributed by atoms with Gasteiger partial charge in [-0.05, 0) is 30.2 Å². The van der Waals surface area contributed by atoms with Crippen LogP contribution in [-0.4, -0.2) is 35.0 Å². The molecule has 0 bridgehead atoms. The maximum absolute atomic E-state index is 12.7. The number of pyridine rings is 1. The van der Waals surface area contributed by atoms with Gasteiger partial charge in [0, 0.05) is 31.4 Å². The molecule has 0 radical (unpaired) electrons. The summed E-state index contributed by atoms with van der Waals surface area (Å²) in [6.07, 6.45) is 6.06. The number of likely N-dealkylation sites (tertiary alicyclic amines) is 1. The molecule has 0 aromatic carbocycles. The van der Waals surface area contributed by atoms with Gasteiger partial charge in [-0.15, -0.1) is 0 Å². The Morgan fingerprint density at radius 1 is 1.39 bits per heavy atom. The Morgan fingerprint density at radius 2 is 2.17 bits per heavy atom. The average Bonchev–Trinajstić information content (AvgIpc) is 3.22. The van der Waals surface area contributed by atoms with E-state index in [9.17, 15) is 4.79 Å². The first-order chi connectivity index (χ1) is 11.1. The number of furan rings is 1. The molecule has 0 saturated carbocycles. The van der Waals surface area contributed by atoms with E-state index in [1.54, 1.807) is 24.7 Å². The number of aromatic nitrogens is 1. The van der Waals surface area contributed by atoms with E-state index in [0.29, 0.717) is 18.7 Å². The number of nitrogens with zero attached hydrogens (tertiary/aromatic N) is 2. The Morgan fingerprint density at radius 3 is 2.91 bits per heavy atom. The zero-order chi connectivity index (χ0) is 16.2. The summed E-state index contributed by atoms with van der Waals surface area (Å²) in [5, 5.41) is 0. The Hall–Kier alpha value is -2.14. The van der Waals surface area contributed by atoms with Crippen LogP contribution in [0.1, 0.15) is 47.9 Å². The summed E-state index contributed by atoms with van der Waals surface area (Å²) >= 11 is 0. The van der Waals surface area contributed by atoms with Crippen molar-refractivity contribution in [3.05, 3.63) is 53.7 Å². The molecular formula is C18H22N2O3. The van der Waals surface area contributed by atoms with Crippen LogP contribution in [0.2, 0.25) is 0 Å². The highest BCUT2D eigenvalue weighted by Gasteiger charge is 2.30. The van der Waals surface area contributed by atoms with Crippen LogP contribution in [0.5, 0.6) is 0 Å². The second-order valence-corrected chi connectivity index (χ2v) is 6.18. The Kier molecular flexibility index (Phi) is 4.76. The molecule has 2 aromatic rings. The van der Waals surface area contributed by atoms with Gasteiger partial charge in [0.1, 0.15) is 5.76 Å². The number of hydrogen-bond acceptors (Lipinski definition) is 4. The van der Waals surface area contributed by atoms with Crippen LogP contribution in [0, 0.1) is 0 Å². The first-order valence-electron chi connectivity index (χ1n) is 8.02. The molecule has 1 fully saturated rings. The molecular weight excluding hydrogens is 292 g/mol. The predicted molar refractivity (Wildman–Crippen MR) is 86.1 cm³/mol. The van der Waals surface area contributed by atoms with Crippen LogP contribution in [0.4, 0.5) is 0 Å². The van der Waals surface area contributed by atoms with Crippen LogP contribution < -0.4 is 0 Å². The largest absolute Gasteiger partial charge is 0.468 e. The van der Waals surface area contributed by atoms with Gasteiger partial charge in [0.2, 0.25) is 0 Å². The number of carbonyl (C=O) groups is 1. The molecule has 23 heavy (non-hydrogen) atoms. The highest BCUT2D eigenvalue weighted by atomic mass is 16.5. The van der Waals surface area contributed by atoms with E-state index in [4.69, 9.17) is 9.15 Å². The topological polar surface area (TPSA) is 55.6 Å². The molecule has 0 N–H and O–H groups in total. The lowest BCUT2D eigenvalue weighted by Crippen LogP contribution is -2.30. The van der Waals surface area contributed by atoms with Gasteiger partial charge in [0.25, 0.3) is 5.91 Å². The van der Waals surface area contributed by atoms with Crippen LogP contribution in [0.3, 0.4) is 0 Å². The van der Waals surface area contributed by atoms with Crippen molar-refractivity contribution in [1.82, 2.24) is 9.88 Å². The van der Waals surface area contributed by atoms with E-state index in [1.165, 1.54) is 0 Å². The molecule has 1 aliphatic heterocycles. The van der Waals surface area contributed by atoms with Gasteiger partial charge in [-0.1, -0.05) is 13.8 Å². The van der Waals surface area contributed by atoms with Crippen LogP contribution in [0.15, 0.2) is 41.3 Å². The van der Waals surface area contributed by atoms with Gasteiger partial charge in [-0.25, -0.2) is 0 Å². The second-order valence-electron chi connectivity index (χ2n) is 6.18. The van der Waals surface area contributed by atoms with Crippen molar-refractivity contribution >= 4 is 5.91 Å². The molecule has 2 aromatic heterocycles. The molecule has 5 nitrogen and oxygen atoms in total. The zero-order valence-electron chi connectivity index (χ0n) is 13.6. The van der Waals surface area contributed by atoms with Crippen molar-refractivity contribution in [2.45, 2.75) is 38.9 Å². The molecule has 3 heterocycles. The predicted octanol–water partition coefficient (Wildman–Crippen LogP) is 3.23. The number of carbonyl (C=O) groups excluding carboxylic acids is 1. The summed E-state index contributed by atoms with van der Waals surface area (Å²) in [5.41, 5.74) is 1.77. The van der Waals surface area contributed by atoms with Crippen molar-refractivity contribution in [1.29, 1.82) is 0 Å². The summed E-state index contributed by atoms with van der Waals surface area (Å²) in [4.78, 5) is 18.5. The minimum absolute atomic E-state index is 0.0393. The maximum atomic E-state index is 12.7. The monoisotopic (exact) mass is 314 g/mol. The third kappa shape index (κ3) is 3.62. The van der Waals surface area contributed by atoms with E-state index in [-0.39, 0.29) is 17.9 Å². The molecule has 122 valence electrons. The van der Waals surface area contributed by atoms with Crippen LogP contribution in [-0.2, 0) is 11.3 Å². The van der Waals surface area contributed by atoms with Crippen molar-refractivity contribution in [2.24, 2.45) is 0 Å². The maximum Gasteiger partial charge on any atom is 0.257 e. The summed E-state index contributed by atoms with van der Waals surface area (Å²) in [6.45, 7) is 5.97. The smallest absolute Gasteiger partial charge is 0.257 e. The van der Waals surface area contributed by atoms with Crippen LogP contribution >= 0.6 is 0 Å². The molecule has 1 aliphatic rings. The fraction of sp³-hybridized carbons (Fsp3) is 0.444. The molecule has 1 unspecified atom stereocenters. The lowest BCUT2D eigenvalue weighted by atomic mass is 10.1. The quantitative estimate of drug-likeness (QED) is 0.850. The van der Waals surface area contributed by atoms with Crippen molar-refractivity contribution in [3.63, 3.8) is 0 Å². The fourth-order valence-electron chi connectivity index (χ4n) is 2.86. The normalized spacial score (nSPS) is 17.9. The third-order valence-corrected chi connectivity index (χ3v) is 4.12. The van der Waals surface area contributed by atoms with E-state index in [2.05, 4.69) is 4.98 Å². The number of rotatable bonds is 5. The Labute approximate surface area is 136 Å². The summed E-state index contributed by atoms with van der Waals surface area (Å²) in [6, 6.07) is 5.65. The van der Waals surface area contributed by atoms with E-state index in [1.807, 2.05) is 30.9 Å². The molecule has 1 saturated heterocycles. The van der Waals surface area contributed by atoms with Crippen molar-refractivity contribution in [2.75, 3.05) is 13.1 Å². The minimum atomic E-state index is 0.0393. The minimum Gasteiger partial charge on any atom is -0.468 e. The average molecular weight is 314 g/mol. The molecule has 3 rings (SSSR count). The SMILES string of the molecule is CC(C)c1occc1C(=O)N1CCC(OCc2ccncc2)C1. The van der Waals surface area contributed by atoms with E-state index in [0.717, 1.165) is 24.3 Å². The van der Waals surface area contributed by atoms with Gasteiger partial charge in [0.15, 0.2) is 0 Å². The molecule has 0 spiro atoms.